The average molecular weight is 340 g/mol. The highest BCUT2D eigenvalue weighted by Crippen LogP contribution is 2.22. The zero-order chi connectivity index (χ0) is 17.0. The molecule has 23 heavy (non-hydrogen) atoms. The number of piperidine rings is 1. The minimum atomic E-state index is -0.137. The summed E-state index contributed by atoms with van der Waals surface area (Å²) in [5.41, 5.74) is -0.0537. The van der Waals surface area contributed by atoms with Crippen molar-refractivity contribution in [2.45, 2.75) is 43.4 Å². The molecule has 6 heteroatoms. The first kappa shape index (κ1) is 18.4. The number of hydrogen-bond donors (Lipinski definition) is 1. The Hall–Kier alpha value is -0.980. The lowest BCUT2D eigenvalue weighted by molar-refractivity contribution is 0.0581. The van der Waals surface area contributed by atoms with Gasteiger partial charge in [-0.2, -0.15) is 0 Å². The predicted molar refractivity (Wildman–Crippen MR) is 95.2 cm³/mol. The molecule has 0 aromatic carbocycles. The van der Waals surface area contributed by atoms with E-state index >= 15 is 0 Å². The zero-order valence-corrected chi connectivity index (χ0v) is 15.7. The summed E-state index contributed by atoms with van der Waals surface area (Å²) in [6.45, 7) is 7.15. The third kappa shape index (κ3) is 4.75. The summed E-state index contributed by atoms with van der Waals surface area (Å²) in [6.07, 6.45) is 4.29. The Labute approximate surface area is 143 Å². The molecule has 0 saturated carbocycles. The summed E-state index contributed by atoms with van der Waals surface area (Å²) in [7, 11) is 4.30. The largest absolute Gasteiger partial charge is 0.445 e. The van der Waals surface area contributed by atoms with E-state index in [1.165, 1.54) is 24.6 Å². The van der Waals surface area contributed by atoms with E-state index in [9.17, 15) is 4.79 Å². The molecule has 1 aliphatic rings. The van der Waals surface area contributed by atoms with Crippen molar-refractivity contribution in [2.75, 3.05) is 40.0 Å². The quantitative estimate of drug-likeness (QED) is 0.807. The molecule has 5 nitrogen and oxygen atoms in total. The van der Waals surface area contributed by atoms with E-state index in [1.54, 1.807) is 6.07 Å². The number of carbonyl (C=O) groups is 1. The number of likely N-dealkylation sites (tertiary alicyclic amines) is 1. The maximum Gasteiger partial charge on any atom is 0.287 e. The SMILES string of the molecule is CSc1ccc(C(=O)NCC(C)(C)N2CCC(N(C)C)CC2)o1. The fourth-order valence-corrected chi connectivity index (χ4v) is 3.41. The lowest BCUT2D eigenvalue weighted by Gasteiger charge is -2.44. The molecule has 0 atom stereocenters. The van der Waals surface area contributed by atoms with Crippen molar-refractivity contribution in [1.82, 2.24) is 15.1 Å². The number of nitrogens with zero attached hydrogens (tertiary/aromatic N) is 2. The first-order valence-corrected chi connectivity index (χ1v) is 9.39. The number of carbonyl (C=O) groups excluding carboxylic acids is 1. The minimum Gasteiger partial charge on any atom is -0.445 e. The van der Waals surface area contributed by atoms with E-state index in [1.807, 2.05) is 12.3 Å². The van der Waals surface area contributed by atoms with Gasteiger partial charge in [-0.25, -0.2) is 0 Å². The third-order valence-corrected chi connectivity index (χ3v) is 5.36. The van der Waals surface area contributed by atoms with E-state index in [4.69, 9.17) is 4.42 Å². The smallest absolute Gasteiger partial charge is 0.287 e. The molecule has 0 spiro atoms. The van der Waals surface area contributed by atoms with Gasteiger partial charge in [0, 0.05) is 31.2 Å². The first-order chi connectivity index (χ1) is 10.8. The monoisotopic (exact) mass is 339 g/mol. The standard InChI is InChI=1S/C17H29N3O2S/c1-17(2,20-10-8-13(9-11-20)19(3)4)12-18-16(21)14-6-7-15(22-14)23-5/h6-7,13H,8-12H2,1-5H3,(H,18,21). The molecule has 1 N–H and O–H groups in total. The second-order valence-electron chi connectivity index (χ2n) is 7.00. The second kappa shape index (κ2) is 7.73. The number of hydrogen-bond acceptors (Lipinski definition) is 5. The zero-order valence-electron chi connectivity index (χ0n) is 14.9. The van der Waals surface area contributed by atoms with Crippen LogP contribution in [-0.4, -0.2) is 67.3 Å². The van der Waals surface area contributed by atoms with Crippen LogP contribution in [0.1, 0.15) is 37.2 Å². The molecular formula is C17H29N3O2S. The molecule has 130 valence electrons. The molecule has 2 heterocycles. The average Bonchev–Trinajstić information content (AvgIpc) is 3.02. The number of rotatable bonds is 6. The van der Waals surface area contributed by atoms with Gasteiger partial charge in [0.25, 0.3) is 5.91 Å². The summed E-state index contributed by atoms with van der Waals surface area (Å²) in [5.74, 6) is 0.248. The predicted octanol–water partition coefficient (Wildman–Crippen LogP) is 2.54. The van der Waals surface area contributed by atoms with Crippen LogP contribution in [0.15, 0.2) is 21.6 Å². The molecule has 1 saturated heterocycles. The van der Waals surface area contributed by atoms with Gasteiger partial charge in [-0.15, -0.1) is 0 Å². The van der Waals surface area contributed by atoms with E-state index in [0.29, 0.717) is 18.3 Å². The number of nitrogens with one attached hydrogen (secondary N) is 1. The fraction of sp³-hybridized carbons (Fsp3) is 0.706. The number of amides is 1. The second-order valence-corrected chi connectivity index (χ2v) is 7.81. The Morgan fingerprint density at radius 2 is 2.04 bits per heavy atom. The Balaban J connectivity index is 1.85. The van der Waals surface area contributed by atoms with Crippen molar-refractivity contribution < 1.29 is 9.21 Å². The summed E-state index contributed by atoms with van der Waals surface area (Å²) >= 11 is 1.50. The Kier molecular flexibility index (Phi) is 6.17. The van der Waals surface area contributed by atoms with Crippen molar-refractivity contribution in [3.8, 4) is 0 Å². The minimum absolute atomic E-state index is 0.0537. The van der Waals surface area contributed by atoms with Gasteiger partial charge < -0.3 is 14.6 Å². The van der Waals surface area contributed by atoms with Crippen molar-refractivity contribution in [3.63, 3.8) is 0 Å². The van der Waals surface area contributed by atoms with E-state index in [0.717, 1.165) is 18.2 Å². The maximum absolute atomic E-state index is 12.2. The van der Waals surface area contributed by atoms with Gasteiger partial charge in [0.1, 0.15) is 0 Å². The topological polar surface area (TPSA) is 48.7 Å². The van der Waals surface area contributed by atoms with E-state index < -0.39 is 0 Å². The van der Waals surface area contributed by atoms with Crippen molar-refractivity contribution in [3.05, 3.63) is 17.9 Å². The summed E-state index contributed by atoms with van der Waals surface area (Å²) in [4.78, 5) is 17.0. The van der Waals surface area contributed by atoms with Crippen LogP contribution < -0.4 is 5.32 Å². The van der Waals surface area contributed by atoms with Gasteiger partial charge >= 0.3 is 0 Å². The van der Waals surface area contributed by atoms with Crippen molar-refractivity contribution in [2.24, 2.45) is 0 Å². The number of thioether (sulfide) groups is 1. The third-order valence-electron chi connectivity index (χ3n) is 4.74. The van der Waals surface area contributed by atoms with Crippen LogP contribution >= 0.6 is 11.8 Å². The van der Waals surface area contributed by atoms with Crippen LogP contribution in [0, 0.1) is 0 Å². The van der Waals surface area contributed by atoms with Crippen LogP contribution in [0.5, 0.6) is 0 Å². The first-order valence-electron chi connectivity index (χ1n) is 8.17. The molecule has 0 bridgehead atoms. The molecule has 1 aromatic heterocycles. The highest BCUT2D eigenvalue weighted by Gasteiger charge is 2.31. The Morgan fingerprint density at radius 1 is 1.39 bits per heavy atom. The van der Waals surface area contributed by atoms with Gasteiger partial charge in [0.05, 0.1) is 0 Å². The molecule has 1 aliphatic heterocycles. The Bertz CT molecular complexity index is 520. The summed E-state index contributed by atoms with van der Waals surface area (Å²) in [6, 6.07) is 4.23. The van der Waals surface area contributed by atoms with Crippen LogP contribution in [0.2, 0.25) is 0 Å². The van der Waals surface area contributed by atoms with Gasteiger partial charge in [0.2, 0.25) is 0 Å². The van der Waals surface area contributed by atoms with Gasteiger partial charge in [-0.1, -0.05) is 11.8 Å². The molecule has 0 aliphatic carbocycles. The summed E-state index contributed by atoms with van der Waals surface area (Å²) in [5, 5.41) is 3.78. The molecule has 0 radical (unpaired) electrons. The van der Waals surface area contributed by atoms with Gasteiger partial charge in [-0.3, -0.25) is 9.69 Å². The number of furan rings is 1. The van der Waals surface area contributed by atoms with Crippen LogP contribution in [0.25, 0.3) is 0 Å². The van der Waals surface area contributed by atoms with Crippen LogP contribution in [-0.2, 0) is 0 Å². The Morgan fingerprint density at radius 3 is 2.57 bits per heavy atom. The normalized spacial score (nSPS) is 17.7. The molecule has 1 aromatic rings. The lowest BCUT2D eigenvalue weighted by Crippen LogP contribution is -2.55. The maximum atomic E-state index is 12.2. The van der Waals surface area contributed by atoms with Gasteiger partial charge in [0.15, 0.2) is 10.9 Å². The molecule has 2 rings (SSSR count). The summed E-state index contributed by atoms with van der Waals surface area (Å²) < 4.78 is 5.48. The van der Waals surface area contributed by atoms with Crippen molar-refractivity contribution >= 4 is 17.7 Å². The lowest BCUT2D eigenvalue weighted by atomic mass is 9.96. The molecule has 0 unspecified atom stereocenters. The van der Waals surface area contributed by atoms with Crippen LogP contribution in [0.4, 0.5) is 0 Å². The van der Waals surface area contributed by atoms with Crippen LogP contribution in [0.3, 0.4) is 0 Å². The van der Waals surface area contributed by atoms with E-state index in [2.05, 4.69) is 43.1 Å². The highest BCUT2D eigenvalue weighted by molar-refractivity contribution is 7.98. The van der Waals surface area contributed by atoms with Gasteiger partial charge in [-0.05, 0) is 59.2 Å². The fourth-order valence-electron chi connectivity index (χ4n) is 3.03. The molecule has 1 amide bonds. The van der Waals surface area contributed by atoms with E-state index in [-0.39, 0.29) is 11.4 Å². The van der Waals surface area contributed by atoms with Crippen molar-refractivity contribution in [1.29, 1.82) is 0 Å². The highest BCUT2D eigenvalue weighted by atomic mass is 32.2. The molecular weight excluding hydrogens is 310 g/mol. The molecule has 1 fully saturated rings.